The molecule has 1 aromatic rings. The van der Waals surface area contributed by atoms with Gasteiger partial charge in [0.15, 0.2) is 0 Å². The van der Waals surface area contributed by atoms with Crippen molar-refractivity contribution in [3.8, 4) is 0 Å². The zero-order valence-corrected chi connectivity index (χ0v) is 12.5. The fraction of sp³-hybridized carbons (Fsp3) is 0.647. The van der Waals surface area contributed by atoms with Gasteiger partial charge in [0.1, 0.15) is 0 Å². The number of nitrogens with zero attached hydrogens (tertiary/aromatic N) is 1. The average Bonchev–Trinajstić information content (AvgIpc) is 3.03. The van der Waals surface area contributed by atoms with E-state index in [2.05, 4.69) is 41.4 Å². The highest BCUT2D eigenvalue weighted by Crippen LogP contribution is 2.30. The van der Waals surface area contributed by atoms with Gasteiger partial charge in [-0.25, -0.2) is 0 Å². The van der Waals surface area contributed by atoms with Crippen molar-refractivity contribution < 1.29 is 4.74 Å². The zero-order valence-electron chi connectivity index (χ0n) is 12.5. The van der Waals surface area contributed by atoms with Crippen molar-refractivity contribution in [3.05, 3.63) is 24.3 Å². The Hall–Kier alpha value is -1.22. The Kier molecular flexibility index (Phi) is 4.46. The number of ether oxygens (including phenoxy) is 1. The standard InChI is InChI=1S/C17H26N2O/c1-14(15-9-12-20-13-15)18-16-7-3-4-8-17(16)19-10-5-2-6-11-19/h3-4,7-8,14-15,18H,2,5-6,9-13H2,1H3. The number of rotatable bonds is 4. The molecule has 2 saturated heterocycles. The summed E-state index contributed by atoms with van der Waals surface area (Å²) >= 11 is 0. The third-order valence-electron chi connectivity index (χ3n) is 4.66. The monoisotopic (exact) mass is 274 g/mol. The molecule has 0 aliphatic carbocycles. The van der Waals surface area contributed by atoms with Crippen molar-refractivity contribution in [1.82, 2.24) is 0 Å². The molecule has 3 heteroatoms. The lowest BCUT2D eigenvalue weighted by molar-refractivity contribution is 0.183. The van der Waals surface area contributed by atoms with Gasteiger partial charge in [-0.1, -0.05) is 12.1 Å². The molecule has 1 aromatic carbocycles. The van der Waals surface area contributed by atoms with E-state index in [4.69, 9.17) is 4.74 Å². The highest BCUT2D eigenvalue weighted by molar-refractivity contribution is 5.70. The second-order valence-corrected chi connectivity index (χ2v) is 6.12. The second-order valence-electron chi connectivity index (χ2n) is 6.12. The summed E-state index contributed by atoms with van der Waals surface area (Å²) in [5.74, 6) is 0.643. The Morgan fingerprint density at radius 1 is 1.20 bits per heavy atom. The number of hydrogen-bond acceptors (Lipinski definition) is 3. The molecule has 2 heterocycles. The van der Waals surface area contributed by atoms with Gasteiger partial charge in [-0.3, -0.25) is 0 Å². The van der Waals surface area contributed by atoms with Gasteiger partial charge in [0.05, 0.1) is 18.0 Å². The van der Waals surface area contributed by atoms with Gasteiger partial charge < -0.3 is 15.0 Å². The van der Waals surface area contributed by atoms with Crippen LogP contribution in [0.1, 0.15) is 32.6 Å². The Bertz CT molecular complexity index is 423. The molecule has 0 amide bonds. The fourth-order valence-electron chi connectivity index (χ4n) is 3.32. The van der Waals surface area contributed by atoms with Crippen LogP contribution in [0.2, 0.25) is 0 Å². The zero-order chi connectivity index (χ0) is 13.8. The van der Waals surface area contributed by atoms with Crippen LogP contribution in [0.15, 0.2) is 24.3 Å². The van der Waals surface area contributed by atoms with Gasteiger partial charge in [0.25, 0.3) is 0 Å². The molecular formula is C17H26N2O. The highest BCUT2D eigenvalue weighted by atomic mass is 16.5. The molecule has 20 heavy (non-hydrogen) atoms. The first-order valence-electron chi connectivity index (χ1n) is 8.03. The molecular weight excluding hydrogens is 248 g/mol. The SMILES string of the molecule is CC(Nc1ccccc1N1CCCCC1)C1CCOC1. The Morgan fingerprint density at radius 2 is 2.00 bits per heavy atom. The molecule has 1 N–H and O–H groups in total. The maximum Gasteiger partial charge on any atom is 0.0602 e. The first-order valence-corrected chi connectivity index (χ1v) is 8.03. The van der Waals surface area contributed by atoms with Gasteiger partial charge in [0, 0.05) is 31.7 Å². The largest absolute Gasteiger partial charge is 0.381 e. The van der Waals surface area contributed by atoms with E-state index in [9.17, 15) is 0 Å². The minimum Gasteiger partial charge on any atom is -0.381 e. The van der Waals surface area contributed by atoms with Crippen LogP contribution in [0.4, 0.5) is 11.4 Å². The number of piperidine rings is 1. The maximum atomic E-state index is 5.51. The number of para-hydroxylation sites is 2. The van der Waals surface area contributed by atoms with Crippen LogP contribution in [-0.2, 0) is 4.74 Å². The molecule has 0 bridgehead atoms. The van der Waals surface area contributed by atoms with Crippen molar-refractivity contribution in [1.29, 1.82) is 0 Å². The number of anilines is 2. The highest BCUT2D eigenvalue weighted by Gasteiger charge is 2.23. The molecule has 110 valence electrons. The second kappa shape index (κ2) is 6.49. The first-order chi connectivity index (χ1) is 9.84. The van der Waals surface area contributed by atoms with Gasteiger partial charge in [-0.05, 0) is 44.7 Å². The third-order valence-corrected chi connectivity index (χ3v) is 4.66. The van der Waals surface area contributed by atoms with Crippen LogP contribution in [0.3, 0.4) is 0 Å². The smallest absolute Gasteiger partial charge is 0.0602 e. The van der Waals surface area contributed by atoms with Crippen LogP contribution in [0, 0.1) is 5.92 Å². The van der Waals surface area contributed by atoms with Gasteiger partial charge in [-0.15, -0.1) is 0 Å². The van der Waals surface area contributed by atoms with E-state index in [-0.39, 0.29) is 0 Å². The molecule has 0 radical (unpaired) electrons. The maximum absolute atomic E-state index is 5.51. The number of hydrogen-bond donors (Lipinski definition) is 1. The van der Waals surface area contributed by atoms with Crippen LogP contribution in [0.5, 0.6) is 0 Å². The van der Waals surface area contributed by atoms with Gasteiger partial charge in [-0.2, -0.15) is 0 Å². The van der Waals surface area contributed by atoms with E-state index >= 15 is 0 Å². The van der Waals surface area contributed by atoms with Crippen LogP contribution in [0.25, 0.3) is 0 Å². The molecule has 0 aromatic heterocycles. The Labute approximate surface area is 122 Å². The molecule has 2 aliphatic heterocycles. The summed E-state index contributed by atoms with van der Waals surface area (Å²) in [7, 11) is 0. The summed E-state index contributed by atoms with van der Waals surface area (Å²) < 4.78 is 5.51. The average molecular weight is 274 g/mol. The molecule has 2 fully saturated rings. The first kappa shape index (κ1) is 13.7. The Balaban J connectivity index is 1.71. The lowest BCUT2D eigenvalue weighted by Crippen LogP contribution is -2.32. The van der Waals surface area contributed by atoms with E-state index in [1.807, 2.05) is 0 Å². The summed E-state index contributed by atoms with van der Waals surface area (Å²) in [4.78, 5) is 2.53. The van der Waals surface area contributed by atoms with Crippen molar-refractivity contribution in [2.45, 2.75) is 38.6 Å². The molecule has 2 aliphatic rings. The lowest BCUT2D eigenvalue weighted by atomic mass is 10.00. The van der Waals surface area contributed by atoms with E-state index in [1.54, 1.807) is 0 Å². The van der Waals surface area contributed by atoms with Crippen LogP contribution in [-0.4, -0.2) is 32.3 Å². The summed E-state index contributed by atoms with van der Waals surface area (Å²) in [6.45, 7) is 6.50. The quantitative estimate of drug-likeness (QED) is 0.909. The Morgan fingerprint density at radius 3 is 2.75 bits per heavy atom. The third kappa shape index (κ3) is 3.09. The van der Waals surface area contributed by atoms with Crippen LogP contribution >= 0.6 is 0 Å². The predicted molar refractivity (Wildman–Crippen MR) is 84.5 cm³/mol. The predicted octanol–water partition coefficient (Wildman–Crippen LogP) is 3.51. The van der Waals surface area contributed by atoms with E-state index in [0.29, 0.717) is 12.0 Å². The van der Waals surface area contributed by atoms with Crippen molar-refractivity contribution in [2.75, 3.05) is 36.5 Å². The minimum absolute atomic E-state index is 0.475. The summed E-state index contributed by atoms with van der Waals surface area (Å²) in [5, 5.41) is 3.73. The summed E-state index contributed by atoms with van der Waals surface area (Å²) in [5.41, 5.74) is 2.66. The summed E-state index contributed by atoms with van der Waals surface area (Å²) in [6, 6.07) is 9.23. The fourth-order valence-corrected chi connectivity index (χ4v) is 3.32. The van der Waals surface area contributed by atoms with E-state index < -0.39 is 0 Å². The molecule has 0 saturated carbocycles. The van der Waals surface area contributed by atoms with Crippen molar-refractivity contribution in [3.63, 3.8) is 0 Å². The lowest BCUT2D eigenvalue weighted by Gasteiger charge is -2.32. The molecule has 3 rings (SSSR count). The molecule has 3 nitrogen and oxygen atoms in total. The number of benzene rings is 1. The van der Waals surface area contributed by atoms with Crippen molar-refractivity contribution in [2.24, 2.45) is 5.92 Å². The van der Waals surface area contributed by atoms with Crippen molar-refractivity contribution >= 4 is 11.4 Å². The molecule has 2 unspecified atom stereocenters. The van der Waals surface area contributed by atoms with E-state index in [0.717, 1.165) is 13.2 Å². The number of nitrogens with one attached hydrogen (secondary N) is 1. The minimum atomic E-state index is 0.475. The molecule has 2 atom stereocenters. The van der Waals surface area contributed by atoms with Gasteiger partial charge in [0.2, 0.25) is 0 Å². The topological polar surface area (TPSA) is 24.5 Å². The summed E-state index contributed by atoms with van der Waals surface area (Å²) in [6.07, 6.45) is 5.20. The van der Waals surface area contributed by atoms with Gasteiger partial charge >= 0.3 is 0 Å². The van der Waals surface area contributed by atoms with Crippen LogP contribution < -0.4 is 10.2 Å². The normalized spacial score (nSPS) is 24.6. The van der Waals surface area contributed by atoms with E-state index in [1.165, 1.54) is 50.1 Å². The molecule has 0 spiro atoms.